The van der Waals surface area contributed by atoms with Crippen molar-refractivity contribution in [1.82, 2.24) is 0 Å². The largest absolute Gasteiger partial charge is 0.322 e. The maximum atomic E-state index is 12.9. The molecule has 4 rings (SSSR count). The normalized spacial score (nSPS) is 15.7. The number of carbonyl (C=O) groups excluding carboxylic acids is 2. The molecule has 1 unspecified atom stereocenters. The van der Waals surface area contributed by atoms with Crippen LogP contribution < -0.4 is 10.2 Å². The number of hydrogen-bond donors (Lipinski definition) is 1. The van der Waals surface area contributed by atoms with Gasteiger partial charge in [0.1, 0.15) is 5.37 Å². The summed E-state index contributed by atoms with van der Waals surface area (Å²) in [6.07, 6.45) is 0. The van der Waals surface area contributed by atoms with Crippen molar-refractivity contribution in [2.24, 2.45) is 0 Å². The first-order chi connectivity index (χ1) is 15.9. The number of thioether (sulfide) groups is 1. The first-order valence-corrected chi connectivity index (χ1v) is 11.6. The molecule has 0 aromatic heterocycles. The van der Waals surface area contributed by atoms with E-state index in [0.29, 0.717) is 11.4 Å². The molecule has 1 fully saturated rings. The summed E-state index contributed by atoms with van der Waals surface area (Å²) in [7, 11) is 0. The molecule has 1 saturated heterocycles. The summed E-state index contributed by atoms with van der Waals surface area (Å²) in [5.74, 6) is 0.140. The average Bonchev–Trinajstić information content (AvgIpc) is 3.20. The SMILES string of the molecule is CC(C)c1ccccc1N1C(=O)CSC1c1ccccc1NC(=O)c1cccc([N+](=O)[O-])c1. The molecule has 1 aliphatic heterocycles. The van der Waals surface area contributed by atoms with Crippen LogP contribution in [0.25, 0.3) is 0 Å². The van der Waals surface area contributed by atoms with E-state index in [2.05, 4.69) is 19.2 Å². The Labute approximate surface area is 196 Å². The molecule has 0 spiro atoms. The topological polar surface area (TPSA) is 92.6 Å². The Balaban J connectivity index is 1.68. The summed E-state index contributed by atoms with van der Waals surface area (Å²) in [4.78, 5) is 38.2. The fourth-order valence-corrected chi connectivity index (χ4v) is 5.10. The lowest BCUT2D eigenvalue weighted by atomic mass is 10.00. The van der Waals surface area contributed by atoms with E-state index in [1.807, 2.05) is 36.4 Å². The highest BCUT2D eigenvalue weighted by Crippen LogP contribution is 2.46. The number of carbonyl (C=O) groups is 2. The second-order valence-electron chi connectivity index (χ2n) is 7.99. The fraction of sp³-hybridized carbons (Fsp3) is 0.200. The molecule has 33 heavy (non-hydrogen) atoms. The van der Waals surface area contributed by atoms with Crippen LogP contribution in [0.2, 0.25) is 0 Å². The number of nitro groups is 1. The molecule has 1 heterocycles. The molecule has 8 heteroatoms. The maximum Gasteiger partial charge on any atom is 0.270 e. The van der Waals surface area contributed by atoms with E-state index in [9.17, 15) is 19.7 Å². The molecule has 7 nitrogen and oxygen atoms in total. The summed E-state index contributed by atoms with van der Waals surface area (Å²) < 4.78 is 0. The number of rotatable bonds is 6. The lowest BCUT2D eigenvalue weighted by molar-refractivity contribution is -0.384. The van der Waals surface area contributed by atoms with Gasteiger partial charge in [-0.25, -0.2) is 0 Å². The number of nitro benzene ring substituents is 1. The van der Waals surface area contributed by atoms with Gasteiger partial charge in [0.05, 0.1) is 10.7 Å². The molecule has 168 valence electrons. The quantitative estimate of drug-likeness (QED) is 0.373. The number of nitrogens with zero attached hydrogens (tertiary/aromatic N) is 2. The summed E-state index contributed by atoms with van der Waals surface area (Å²) in [6.45, 7) is 4.18. The average molecular weight is 462 g/mol. The Morgan fingerprint density at radius 2 is 1.82 bits per heavy atom. The van der Waals surface area contributed by atoms with E-state index in [-0.39, 0.29) is 28.4 Å². The molecule has 1 atom stereocenters. The molecule has 1 N–H and O–H groups in total. The van der Waals surface area contributed by atoms with Crippen molar-refractivity contribution in [3.8, 4) is 0 Å². The van der Waals surface area contributed by atoms with Crippen LogP contribution in [-0.4, -0.2) is 22.5 Å². The van der Waals surface area contributed by atoms with Crippen LogP contribution in [0.5, 0.6) is 0 Å². The van der Waals surface area contributed by atoms with Crippen molar-refractivity contribution < 1.29 is 14.5 Å². The predicted octanol–water partition coefficient (Wildman–Crippen LogP) is 5.75. The fourth-order valence-electron chi connectivity index (χ4n) is 3.89. The number of anilines is 2. The third-order valence-electron chi connectivity index (χ3n) is 5.48. The highest BCUT2D eigenvalue weighted by Gasteiger charge is 2.36. The molecule has 3 aromatic carbocycles. The molecule has 1 aliphatic rings. The zero-order valence-electron chi connectivity index (χ0n) is 18.2. The summed E-state index contributed by atoms with van der Waals surface area (Å²) in [5, 5.41) is 13.6. The minimum atomic E-state index is -0.532. The van der Waals surface area contributed by atoms with Crippen LogP contribution in [0.1, 0.15) is 46.6 Å². The van der Waals surface area contributed by atoms with Gasteiger partial charge >= 0.3 is 0 Å². The predicted molar refractivity (Wildman–Crippen MR) is 131 cm³/mol. The van der Waals surface area contributed by atoms with Crippen molar-refractivity contribution in [2.75, 3.05) is 16.0 Å². The molecule has 0 radical (unpaired) electrons. The second kappa shape index (κ2) is 9.46. The number of benzene rings is 3. The van der Waals surface area contributed by atoms with Crippen LogP contribution in [0.15, 0.2) is 72.8 Å². The zero-order valence-corrected chi connectivity index (χ0v) is 19.0. The Morgan fingerprint density at radius 3 is 2.58 bits per heavy atom. The molecule has 0 aliphatic carbocycles. The third kappa shape index (κ3) is 4.61. The molecular weight excluding hydrogens is 438 g/mol. The minimum Gasteiger partial charge on any atom is -0.322 e. The van der Waals surface area contributed by atoms with Crippen molar-refractivity contribution in [3.05, 3.63) is 99.6 Å². The number of non-ortho nitro benzene ring substituents is 1. The van der Waals surface area contributed by atoms with Crippen LogP contribution >= 0.6 is 11.8 Å². The Morgan fingerprint density at radius 1 is 1.09 bits per heavy atom. The van der Waals surface area contributed by atoms with Gasteiger partial charge in [-0.15, -0.1) is 11.8 Å². The first-order valence-electron chi connectivity index (χ1n) is 10.5. The third-order valence-corrected chi connectivity index (χ3v) is 6.67. The van der Waals surface area contributed by atoms with E-state index < -0.39 is 10.8 Å². The molecule has 0 bridgehead atoms. The van der Waals surface area contributed by atoms with Crippen LogP contribution in [0.4, 0.5) is 17.1 Å². The first kappa shape index (κ1) is 22.5. The van der Waals surface area contributed by atoms with E-state index in [1.165, 1.54) is 36.0 Å². The Hall–Kier alpha value is -3.65. The monoisotopic (exact) mass is 461 g/mol. The summed E-state index contributed by atoms with van der Waals surface area (Å²) >= 11 is 1.51. The number of para-hydroxylation sites is 2. The Bertz CT molecular complexity index is 1230. The van der Waals surface area contributed by atoms with Gasteiger partial charge in [0.2, 0.25) is 5.91 Å². The molecule has 0 saturated carbocycles. The van der Waals surface area contributed by atoms with Gasteiger partial charge in [-0.2, -0.15) is 0 Å². The number of hydrogen-bond acceptors (Lipinski definition) is 5. The summed E-state index contributed by atoms with van der Waals surface area (Å²) in [6, 6.07) is 20.8. The van der Waals surface area contributed by atoms with Crippen LogP contribution in [-0.2, 0) is 4.79 Å². The highest BCUT2D eigenvalue weighted by molar-refractivity contribution is 8.00. The van der Waals surface area contributed by atoms with Crippen molar-refractivity contribution in [1.29, 1.82) is 0 Å². The van der Waals surface area contributed by atoms with Crippen molar-refractivity contribution >= 4 is 40.6 Å². The number of nitrogens with one attached hydrogen (secondary N) is 1. The number of amides is 2. The minimum absolute atomic E-state index is 0.0120. The molecular formula is C25H23N3O4S. The van der Waals surface area contributed by atoms with Gasteiger partial charge < -0.3 is 5.32 Å². The lowest BCUT2D eigenvalue weighted by Gasteiger charge is -2.29. The second-order valence-corrected chi connectivity index (χ2v) is 9.06. The van der Waals surface area contributed by atoms with Crippen LogP contribution in [0.3, 0.4) is 0 Å². The van der Waals surface area contributed by atoms with Crippen molar-refractivity contribution in [3.63, 3.8) is 0 Å². The van der Waals surface area contributed by atoms with Gasteiger partial charge in [0, 0.05) is 34.6 Å². The van der Waals surface area contributed by atoms with Crippen LogP contribution in [0, 0.1) is 10.1 Å². The smallest absolute Gasteiger partial charge is 0.270 e. The molecule has 2 amide bonds. The van der Waals surface area contributed by atoms with E-state index in [1.54, 1.807) is 17.0 Å². The van der Waals surface area contributed by atoms with Gasteiger partial charge in [0.25, 0.3) is 11.6 Å². The van der Waals surface area contributed by atoms with Gasteiger partial charge in [-0.3, -0.25) is 24.6 Å². The van der Waals surface area contributed by atoms with Crippen molar-refractivity contribution in [2.45, 2.75) is 25.1 Å². The highest BCUT2D eigenvalue weighted by atomic mass is 32.2. The van der Waals surface area contributed by atoms with E-state index >= 15 is 0 Å². The van der Waals surface area contributed by atoms with E-state index in [4.69, 9.17) is 0 Å². The Kier molecular flexibility index (Phi) is 6.46. The van der Waals surface area contributed by atoms with Gasteiger partial charge in [-0.05, 0) is 29.7 Å². The zero-order chi connectivity index (χ0) is 23.5. The van der Waals surface area contributed by atoms with E-state index in [0.717, 1.165) is 16.8 Å². The maximum absolute atomic E-state index is 12.9. The standard InChI is InChI=1S/C25H23N3O4S/c1-16(2)19-10-4-6-13-22(19)27-23(29)15-33-25(27)20-11-3-5-12-21(20)26-24(30)17-8-7-9-18(14-17)28(31)32/h3-14,16,25H,15H2,1-2H3,(H,26,30). The lowest BCUT2D eigenvalue weighted by Crippen LogP contribution is -2.29. The van der Waals surface area contributed by atoms with Gasteiger partial charge in [0.15, 0.2) is 0 Å². The van der Waals surface area contributed by atoms with Gasteiger partial charge in [-0.1, -0.05) is 56.3 Å². The molecule has 3 aromatic rings. The summed E-state index contributed by atoms with van der Waals surface area (Å²) in [5.41, 5.74) is 3.35.